The van der Waals surface area contributed by atoms with Crippen LogP contribution in [0.1, 0.15) is 25.0 Å². The van der Waals surface area contributed by atoms with Crippen molar-refractivity contribution in [1.29, 1.82) is 0 Å². The number of nitrogens with zero attached hydrogens (tertiary/aromatic N) is 3. The van der Waals surface area contributed by atoms with Gasteiger partial charge in [0.15, 0.2) is 0 Å². The van der Waals surface area contributed by atoms with Crippen LogP contribution in [0.2, 0.25) is 0 Å². The lowest BCUT2D eigenvalue weighted by atomic mass is 10.0. The first kappa shape index (κ1) is 31.3. The minimum atomic E-state index is -4.01. The van der Waals surface area contributed by atoms with E-state index < -0.39 is 28.7 Å². The summed E-state index contributed by atoms with van der Waals surface area (Å²) in [6, 6.07) is 24.6. The fraction of sp³-hybridized carbons (Fsp3) is 0.333. The Labute approximate surface area is 246 Å². The van der Waals surface area contributed by atoms with Gasteiger partial charge in [0, 0.05) is 38.1 Å². The van der Waals surface area contributed by atoms with Crippen LogP contribution < -0.4 is 9.62 Å². The van der Waals surface area contributed by atoms with Crippen molar-refractivity contribution >= 4 is 43.6 Å². The molecule has 3 aromatic carbocycles. The molecule has 214 valence electrons. The fourth-order valence-electron chi connectivity index (χ4n) is 4.07. The molecule has 3 aromatic rings. The molecule has 0 aliphatic carbocycles. The topological polar surface area (TPSA) is 90.0 Å². The molecule has 0 heterocycles. The molecule has 1 N–H and O–H groups in total. The van der Waals surface area contributed by atoms with Gasteiger partial charge in [-0.15, -0.1) is 0 Å². The van der Waals surface area contributed by atoms with E-state index in [1.807, 2.05) is 68.4 Å². The molecule has 1 atom stereocenters. The van der Waals surface area contributed by atoms with Crippen LogP contribution in [0.15, 0.2) is 89.4 Å². The van der Waals surface area contributed by atoms with E-state index in [0.717, 1.165) is 24.2 Å². The predicted molar refractivity (Wildman–Crippen MR) is 163 cm³/mol. The molecule has 8 nitrogen and oxygen atoms in total. The molecule has 0 aromatic heterocycles. The van der Waals surface area contributed by atoms with E-state index in [1.165, 1.54) is 19.0 Å². The Morgan fingerprint density at radius 1 is 0.850 bits per heavy atom. The summed E-state index contributed by atoms with van der Waals surface area (Å²) in [6.07, 6.45) is 0.277. The van der Waals surface area contributed by atoms with Crippen LogP contribution in [0.3, 0.4) is 0 Å². The number of hydrogen-bond donors (Lipinski definition) is 1. The Balaban J connectivity index is 2.06. The van der Waals surface area contributed by atoms with Gasteiger partial charge in [0.2, 0.25) is 11.8 Å². The zero-order valence-corrected chi connectivity index (χ0v) is 25.7. The molecule has 0 bridgehead atoms. The molecule has 0 radical (unpaired) electrons. The zero-order chi connectivity index (χ0) is 29.3. The van der Waals surface area contributed by atoms with Crippen LogP contribution in [-0.2, 0) is 32.8 Å². The summed E-state index contributed by atoms with van der Waals surface area (Å²) in [5.74, 6) is -0.557. The first-order valence-corrected chi connectivity index (χ1v) is 15.3. The van der Waals surface area contributed by atoms with Gasteiger partial charge in [-0.1, -0.05) is 90.4 Å². The van der Waals surface area contributed by atoms with Gasteiger partial charge in [0.05, 0.1) is 5.69 Å². The van der Waals surface area contributed by atoms with Crippen molar-refractivity contribution < 1.29 is 18.0 Å². The molecule has 10 heteroatoms. The second-order valence-electron chi connectivity index (χ2n) is 10.1. The smallest absolute Gasteiger partial charge is 0.304 e. The third kappa shape index (κ3) is 8.64. The van der Waals surface area contributed by atoms with Crippen molar-refractivity contribution in [2.24, 2.45) is 5.92 Å². The number of amides is 2. The van der Waals surface area contributed by atoms with Gasteiger partial charge in [-0.2, -0.15) is 12.7 Å². The third-order valence-corrected chi connectivity index (χ3v) is 8.63. The van der Waals surface area contributed by atoms with Gasteiger partial charge in [-0.25, -0.2) is 4.31 Å². The number of nitrogens with one attached hydrogen (secondary N) is 1. The Morgan fingerprint density at radius 2 is 1.43 bits per heavy atom. The Hall–Kier alpha value is -3.21. The molecule has 0 fully saturated rings. The first-order valence-electron chi connectivity index (χ1n) is 13.1. The average Bonchev–Trinajstić information content (AvgIpc) is 2.94. The number of anilines is 1. The van der Waals surface area contributed by atoms with Crippen LogP contribution in [0.5, 0.6) is 0 Å². The van der Waals surface area contributed by atoms with Crippen LogP contribution in [0.25, 0.3) is 0 Å². The quantitative estimate of drug-likeness (QED) is 0.302. The van der Waals surface area contributed by atoms with Gasteiger partial charge in [-0.3, -0.25) is 9.59 Å². The Kier molecular flexibility index (Phi) is 11.3. The minimum absolute atomic E-state index is 0.128. The van der Waals surface area contributed by atoms with Gasteiger partial charge in [-0.05, 0) is 41.3 Å². The predicted octanol–water partition coefficient (Wildman–Crippen LogP) is 4.47. The summed E-state index contributed by atoms with van der Waals surface area (Å²) in [5, 5.41) is 2.99. The molecule has 0 saturated carbocycles. The summed E-state index contributed by atoms with van der Waals surface area (Å²) in [5.41, 5.74) is 2.06. The van der Waals surface area contributed by atoms with E-state index in [9.17, 15) is 18.0 Å². The van der Waals surface area contributed by atoms with Crippen molar-refractivity contribution in [2.75, 3.05) is 31.5 Å². The third-order valence-electron chi connectivity index (χ3n) is 6.28. The molecule has 40 heavy (non-hydrogen) atoms. The zero-order valence-electron chi connectivity index (χ0n) is 23.3. The summed E-state index contributed by atoms with van der Waals surface area (Å²) < 4.78 is 29.7. The number of para-hydroxylation sites is 1. The number of hydrogen-bond acceptors (Lipinski definition) is 4. The monoisotopic (exact) mass is 628 g/mol. The SMILES string of the molecule is CC(C)CNC(=O)[C@@H](Cc1ccccc1)N(Cc1ccc(Br)cc1)C(=O)CN(c1ccccc1)S(=O)(=O)N(C)C. The number of rotatable bonds is 13. The van der Waals surface area contributed by atoms with Gasteiger partial charge < -0.3 is 10.2 Å². The highest BCUT2D eigenvalue weighted by Crippen LogP contribution is 2.22. The molecular formula is C30H37BrN4O4S. The highest BCUT2D eigenvalue weighted by atomic mass is 79.9. The summed E-state index contributed by atoms with van der Waals surface area (Å²) in [4.78, 5) is 29.3. The number of carbonyl (C=O) groups is 2. The van der Waals surface area contributed by atoms with E-state index in [1.54, 1.807) is 30.3 Å². The molecule has 0 aliphatic rings. The molecule has 0 aliphatic heterocycles. The molecule has 0 unspecified atom stereocenters. The van der Waals surface area contributed by atoms with Gasteiger partial charge in [0.1, 0.15) is 12.6 Å². The average molecular weight is 630 g/mol. The lowest BCUT2D eigenvalue weighted by Gasteiger charge is -2.34. The molecule has 0 saturated heterocycles. The van der Waals surface area contributed by atoms with Crippen molar-refractivity contribution in [3.05, 3.63) is 101 Å². The maximum atomic E-state index is 14.2. The molecular weight excluding hydrogens is 592 g/mol. The summed E-state index contributed by atoms with van der Waals surface area (Å²) >= 11 is 3.44. The summed E-state index contributed by atoms with van der Waals surface area (Å²) in [7, 11) is -1.17. The second-order valence-corrected chi connectivity index (χ2v) is 13.1. The minimum Gasteiger partial charge on any atom is -0.354 e. The Bertz CT molecular complexity index is 1350. The van der Waals surface area contributed by atoms with Crippen LogP contribution in [0.4, 0.5) is 5.69 Å². The van der Waals surface area contributed by atoms with E-state index in [0.29, 0.717) is 12.2 Å². The number of benzene rings is 3. The van der Waals surface area contributed by atoms with Crippen LogP contribution in [0, 0.1) is 5.92 Å². The van der Waals surface area contributed by atoms with Crippen LogP contribution in [-0.4, -0.2) is 62.7 Å². The van der Waals surface area contributed by atoms with Crippen molar-refractivity contribution in [3.63, 3.8) is 0 Å². The lowest BCUT2D eigenvalue weighted by Crippen LogP contribution is -2.54. The van der Waals surface area contributed by atoms with Crippen molar-refractivity contribution in [1.82, 2.24) is 14.5 Å². The first-order chi connectivity index (χ1) is 19.0. The van der Waals surface area contributed by atoms with Gasteiger partial charge >= 0.3 is 10.2 Å². The van der Waals surface area contributed by atoms with Gasteiger partial charge in [0.25, 0.3) is 0 Å². The molecule has 3 rings (SSSR count). The van der Waals surface area contributed by atoms with E-state index >= 15 is 0 Å². The standard InChI is InChI=1S/C30H37BrN4O4S/c1-23(2)20-32-30(37)28(19-24-11-7-5-8-12-24)34(21-25-15-17-26(31)18-16-25)29(36)22-35(40(38,39)33(3)4)27-13-9-6-10-14-27/h5-18,23,28H,19-22H2,1-4H3,(H,32,37)/t28-/m1/s1. The normalized spacial score (nSPS) is 12.3. The second kappa shape index (κ2) is 14.4. The number of carbonyl (C=O) groups excluding carboxylic acids is 2. The van der Waals surface area contributed by atoms with E-state index in [2.05, 4.69) is 21.2 Å². The van der Waals surface area contributed by atoms with Crippen molar-refractivity contribution in [2.45, 2.75) is 32.9 Å². The Morgan fingerprint density at radius 3 is 1.98 bits per heavy atom. The molecule has 0 spiro atoms. The summed E-state index contributed by atoms with van der Waals surface area (Å²) in [6.45, 7) is 4.12. The molecule has 2 amide bonds. The lowest BCUT2D eigenvalue weighted by molar-refractivity contribution is -0.140. The van der Waals surface area contributed by atoms with E-state index in [-0.39, 0.29) is 24.8 Å². The van der Waals surface area contributed by atoms with Crippen LogP contribution >= 0.6 is 15.9 Å². The number of halogens is 1. The maximum Gasteiger partial charge on any atom is 0.304 e. The van der Waals surface area contributed by atoms with Crippen molar-refractivity contribution in [3.8, 4) is 0 Å². The van der Waals surface area contributed by atoms with E-state index in [4.69, 9.17) is 0 Å². The highest BCUT2D eigenvalue weighted by Gasteiger charge is 2.34. The highest BCUT2D eigenvalue weighted by molar-refractivity contribution is 9.10. The maximum absolute atomic E-state index is 14.2. The largest absolute Gasteiger partial charge is 0.354 e. The fourth-order valence-corrected chi connectivity index (χ4v) is 5.39.